The van der Waals surface area contributed by atoms with E-state index in [-0.39, 0.29) is 0 Å². The number of nitrogens with zero attached hydrogens (tertiary/aromatic N) is 2. The molecule has 0 aliphatic carbocycles. The van der Waals surface area contributed by atoms with Crippen LogP contribution in [0.5, 0.6) is 0 Å². The normalized spacial score (nSPS) is 17.8. The maximum Gasteiger partial charge on any atom is 0.124 e. The second kappa shape index (κ2) is 6.02. The topological polar surface area (TPSA) is 53.9 Å². The van der Waals surface area contributed by atoms with Crippen LogP contribution in [0.2, 0.25) is 0 Å². The monoisotopic (exact) mass is 237 g/mol. The fraction of sp³-hybridized carbons (Fsp3) is 0.750. The van der Waals surface area contributed by atoms with E-state index in [0.717, 1.165) is 32.0 Å². The van der Waals surface area contributed by atoms with E-state index in [0.29, 0.717) is 12.1 Å². The summed E-state index contributed by atoms with van der Waals surface area (Å²) in [7, 11) is 0. The molecule has 1 aliphatic rings. The van der Waals surface area contributed by atoms with Crippen molar-refractivity contribution in [2.75, 3.05) is 31.5 Å². The van der Waals surface area contributed by atoms with Gasteiger partial charge in [-0.3, -0.25) is 0 Å². The fourth-order valence-corrected chi connectivity index (χ4v) is 1.85. The van der Waals surface area contributed by atoms with Crippen LogP contribution in [-0.4, -0.2) is 42.0 Å². The molecule has 1 aromatic rings. The highest BCUT2D eigenvalue weighted by Crippen LogP contribution is 2.16. The van der Waals surface area contributed by atoms with Gasteiger partial charge < -0.3 is 16.0 Å². The summed E-state index contributed by atoms with van der Waals surface area (Å²) in [6.45, 7) is 8.40. The van der Waals surface area contributed by atoms with Crippen molar-refractivity contribution < 1.29 is 0 Å². The third-order valence-corrected chi connectivity index (χ3v) is 3.31. The van der Waals surface area contributed by atoms with Crippen molar-refractivity contribution in [2.45, 2.75) is 32.4 Å². The quantitative estimate of drug-likeness (QED) is 0.615. The maximum atomic E-state index is 4.36. The number of anilines is 1. The minimum atomic E-state index is 0.523. The third kappa shape index (κ3) is 3.20. The van der Waals surface area contributed by atoms with Crippen LogP contribution in [0.1, 0.15) is 26.3 Å². The molecule has 0 spiro atoms. The molecule has 1 atom stereocenters. The lowest BCUT2D eigenvalue weighted by molar-refractivity contribution is 0.321. The number of nitrogens with one attached hydrogen (secondary N) is 3. The number of hydrogen-bond acceptors (Lipinski definition) is 4. The Morgan fingerprint density at radius 3 is 3.00 bits per heavy atom. The average Bonchev–Trinajstić information content (AvgIpc) is 2.70. The molecule has 0 aromatic carbocycles. The summed E-state index contributed by atoms with van der Waals surface area (Å²) in [6.07, 6.45) is 3.04. The van der Waals surface area contributed by atoms with Gasteiger partial charge in [-0.1, -0.05) is 6.92 Å². The summed E-state index contributed by atoms with van der Waals surface area (Å²) in [5, 5.41) is 14.5. The van der Waals surface area contributed by atoms with E-state index in [1.165, 1.54) is 6.42 Å². The molecule has 0 radical (unpaired) electrons. The van der Waals surface area contributed by atoms with Crippen LogP contribution >= 0.6 is 0 Å². The minimum Gasteiger partial charge on any atom is -0.369 e. The van der Waals surface area contributed by atoms with Crippen LogP contribution in [0.15, 0.2) is 12.3 Å². The van der Waals surface area contributed by atoms with E-state index in [1.807, 2.05) is 12.3 Å². The van der Waals surface area contributed by atoms with Gasteiger partial charge in [-0.15, -0.1) is 0 Å². The van der Waals surface area contributed by atoms with E-state index in [2.05, 4.69) is 39.6 Å². The molecule has 17 heavy (non-hydrogen) atoms. The highest BCUT2D eigenvalue weighted by molar-refractivity contribution is 5.34. The Morgan fingerprint density at radius 2 is 2.35 bits per heavy atom. The Labute approximate surface area is 103 Å². The zero-order valence-corrected chi connectivity index (χ0v) is 10.7. The number of rotatable bonds is 7. The predicted octanol–water partition coefficient (Wildman–Crippen LogP) is 0.827. The lowest BCUT2D eigenvalue weighted by Crippen LogP contribution is -2.44. The SMILES string of the molecule is CCC(C)NCCNc1ccnn1C1CNC1. The van der Waals surface area contributed by atoms with Gasteiger partial charge in [-0.2, -0.15) is 5.10 Å². The van der Waals surface area contributed by atoms with Gasteiger partial charge in [0.15, 0.2) is 0 Å². The van der Waals surface area contributed by atoms with Gasteiger partial charge in [0.1, 0.15) is 5.82 Å². The van der Waals surface area contributed by atoms with Crippen molar-refractivity contribution >= 4 is 5.82 Å². The Hall–Kier alpha value is -1.07. The molecule has 1 aromatic heterocycles. The average molecular weight is 237 g/mol. The molecule has 2 rings (SSSR count). The van der Waals surface area contributed by atoms with Crippen molar-refractivity contribution in [3.8, 4) is 0 Å². The Kier molecular flexibility index (Phi) is 4.39. The summed E-state index contributed by atoms with van der Waals surface area (Å²) in [5.74, 6) is 1.13. The number of hydrogen-bond donors (Lipinski definition) is 3. The molecule has 96 valence electrons. The summed E-state index contributed by atoms with van der Waals surface area (Å²) >= 11 is 0. The second-order valence-corrected chi connectivity index (χ2v) is 4.66. The lowest BCUT2D eigenvalue weighted by atomic mass is 10.2. The summed E-state index contributed by atoms with van der Waals surface area (Å²) < 4.78 is 2.08. The molecule has 1 unspecified atom stereocenters. The first-order chi connectivity index (χ1) is 8.31. The van der Waals surface area contributed by atoms with Gasteiger partial charge in [-0.25, -0.2) is 4.68 Å². The highest BCUT2D eigenvalue weighted by atomic mass is 15.4. The van der Waals surface area contributed by atoms with E-state index in [9.17, 15) is 0 Å². The van der Waals surface area contributed by atoms with Crippen molar-refractivity contribution in [3.63, 3.8) is 0 Å². The van der Waals surface area contributed by atoms with Crippen LogP contribution in [0.4, 0.5) is 5.82 Å². The second-order valence-electron chi connectivity index (χ2n) is 4.66. The summed E-state index contributed by atoms with van der Waals surface area (Å²) in [4.78, 5) is 0. The lowest BCUT2D eigenvalue weighted by Gasteiger charge is -2.29. The van der Waals surface area contributed by atoms with Gasteiger partial charge in [-0.05, 0) is 13.3 Å². The zero-order chi connectivity index (χ0) is 12.1. The van der Waals surface area contributed by atoms with E-state index in [4.69, 9.17) is 0 Å². The first-order valence-corrected chi connectivity index (χ1v) is 6.52. The maximum absolute atomic E-state index is 4.36. The van der Waals surface area contributed by atoms with Crippen LogP contribution in [0.3, 0.4) is 0 Å². The fourth-order valence-electron chi connectivity index (χ4n) is 1.85. The van der Waals surface area contributed by atoms with Gasteiger partial charge in [0.25, 0.3) is 0 Å². The molecule has 5 heteroatoms. The molecule has 1 aliphatic heterocycles. The van der Waals surface area contributed by atoms with Crippen LogP contribution in [0.25, 0.3) is 0 Å². The summed E-state index contributed by atoms with van der Waals surface area (Å²) in [6, 6.07) is 3.16. The molecular formula is C12H23N5. The van der Waals surface area contributed by atoms with Crippen molar-refractivity contribution in [2.24, 2.45) is 0 Å². The van der Waals surface area contributed by atoms with E-state index < -0.39 is 0 Å². The Balaban J connectivity index is 1.73. The van der Waals surface area contributed by atoms with Crippen LogP contribution in [-0.2, 0) is 0 Å². The first-order valence-electron chi connectivity index (χ1n) is 6.52. The van der Waals surface area contributed by atoms with Gasteiger partial charge in [0.2, 0.25) is 0 Å². The van der Waals surface area contributed by atoms with E-state index >= 15 is 0 Å². The van der Waals surface area contributed by atoms with Crippen molar-refractivity contribution in [1.29, 1.82) is 0 Å². The van der Waals surface area contributed by atoms with E-state index in [1.54, 1.807) is 0 Å². The molecule has 5 nitrogen and oxygen atoms in total. The molecule has 0 bridgehead atoms. The smallest absolute Gasteiger partial charge is 0.124 e. The van der Waals surface area contributed by atoms with Crippen molar-refractivity contribution in [3.05, 3.63) is 12.3 Å². The molecule has 3 N–H and O–H groups in total. The van der Waals surface area contributed by atoms with Gasteiger partial charge >= 0.3 is 0 Å². The van der Waals surface area contributed by atoms with Gasteiger partial charge in [0, 0.05) is 38.3 Å². The van der Waals surface area contributed by atoms with Gasteiger partial charge in [0.05, 0.1) is 12.2 Å². The molecule has 0 saturated carbocycles. The molecule has 1 fully saturated rings. The third-order valence-electron chi connectivity index (χ3n) is 3.31. The molecule has 1 saturated heterocycles. The molecule has 2 heterocycles. The Bertz CT molecular complexity index is 331. The first kappa shape index (κ1) is 12.4. The van der Waals surface area contributed by atoms with Crippen LogP contribution < -0.4 is 16.0 Å². The standard InChI is InChI=1S/C12H23N5/c1-3-10(2)14-6-7-15-12-4-5-16-17(12)11-8-13-9-11/h4-5,10-11,13-15H,3,6-9H2,1-2H3. The zero-order valence-electron chi connectivity index (χ0n) is 10.7. The highest BCUT2D eigenvalue weighted by Gasteiger charge is 2.21. The Morgan fingerprint density at radius 1 is 1.53 bits per heavy atom. The predicted molar refractivity (Wildman–Crippen MR) is 70.4 cm³/mol. The molecule has 0 amide bonds. The molecular weight excluding hydrogens is 214 g/mol. The van der Waals surface area contributed by atoms with Crippen LogP contribution in [0, 0.1) is 0 Å². The van der Waals surface area contributed by atoms with Crippen molar-refractivity contribution in [1.82, 2.24) is 20.4 Å². The summed E-state index contributed by atoms with van der Waals surface area (Å²) in [5.41, 5.74) is 0. The number of aromatic nitrogens is 2. The minimum absolute atomic E-state index is 0.523. The largest absolute Gasteiger partial charge is 0.369 e.